The van der Waals surface area contributed by atoms with Crippen molar-refractivity contribution in [1.29, 1.82) is 0 Å². The van der Waals surface area contributed by atoms with Gasteiger partial charge in [-0.25, -0.2) is 4.79 Å². The third-order valence-electron chi connectivity index (χ3n) is 9.13. The average Bonchev–Trinajstić information content (AvgIpc) is 3.93. The molecule has 1 saturated carbocycles. The lowest BCUT2D eigenvalue weighted by atomic mass is 10.0. The molecule has 5 rings (SSSR count). The summed E-state index contributed by atoms with van der Waals surface area (Å²) in [5.74, 6) is 0.423. The minimum absolute atomic E-state index is 0.0606. The maximum absolute atomic E-state index is 12.7. The number of ether oxygens (including phenoxy) is 1. The third kappa shape index (κ3) is 12.9. The molecule has 10 nitrogen and oxygen atoms in total. The molecule has 2 fully saturated rings. The Morgan fingerprint density at radius 3 is 2.29 bits per heavy atom. The highest BCUT2D eigenvalue weighted by Gasteiger charge is 2.24. The van der Waals surface area contributed by atoms with Gasteiger partial charge in [0, 0.05) is 63.7 Å². The van der Waals surface area contributed by atoms with Crippen LogP contribution in [0.2, 0.25) is 0 Å². The molecule has 1 aliphatic carbocycles. The molecule has 3 aromatic carbocycles. The molecule has 1 heterocycles. The number of nitrogens with zero attached hydrogens (tertiary/aromatic N) is 2. The predicted molar refractivity (Wildman–Crippen MR) is 192 cm³/mol. The topological polar surface area (TPSA) is 123 Å². The second kappa shape index (κ2) is 19.0. The molecule has 0 spiro atoms. The number of para-hydroxylation sites is 1. The van der Waals surface area contributed by atoms with Crippen LogP contribution in [0.15, 0.2) is 78.9 Å². The molecule has 0 radical (unpaired) electrons. The van der Waals surface area contributed by atoms with Crippen molar-refractivity contribution in [2.45, 2.75) is 76.5 Å². The minimum Gasteiger partial charge on any atom is -0.508 e. The Labute approximate surface area is 290 Å². The van der Waals surface area contributed by atoms with Crippen molar-refractivity contribution in [3.8, 4) is 16.9 Å². The van der Waals surface area contributed by atoms with Crippen molar-refractivity contribution in [1.82, 2.24) is 20.4 Å². The summed E-state index contributed by atoms with van der Waals surface area (Å²) in [5, 5.41) is 18.7. The molecule has 1 saturated heterocycles. The van der Waals surface area contributed by atoms with E-state index in [1.165, 1.54) is 0 Å². The second-order valence-corrected chi connectivity index (χ2v) is 13.2. The van der Waals surface area contributed by atoms with Gasteiger partial charge in [0.1, 0.15) is 11.9 Å². The Bertz CT molecular complexity index is 1470. The first kappa shape index (κ1) is 35.9. The number of carbonyl (C=O) groups excluding carboxylic acids is 3. The largest absolute Gasteiger partial charge is 0.508 e. The molecular weight excluding hydrogens is 618 g/mol. The van der Waals surface area contributed by atoms with Crippen LogP contribution in [0.4, 0.5) is 10.5 Å². The molecular formula is C39H51N5O5. The Kier molecular flexibility index (Phi) is 13.9. The average molecular weight is 670 g/mol. The number of anilines is 1. The van der Waals surface area contributed by atoms with Gasteiger partial charge in [-0.2, -0.15) is 0 Å². The lowest BCUT2D eigenvalue weighted by molar-refractivity contribution is -0.122. The highest BCUT2D eigenvalue weighted by Crippen LogP contribution is 2.28. The maximum Gasteiger partial charge on any atom is 0.411 e. The summed E-state index contributed by atoms with van der Waals surface area (Å²) in [7, 11) is 0. The zero-order valence-corrected chi connectivity index (χ0v) is 28.4. The van der Waals surface area contributed by atoms with Crippen molar-refractivity contribution < 1.29 is 24.2 Å². The summed E-state index contributed by atoms with van der Waals surface area (Å²) >= 11 is 0. The van der Waals surface area contributed by atoms with E-state index in [1.54, 1.807) is 12.1 Å². The van der Waals surface area contributed by atoms with Crippen LogP contribution in [0, 0.1) is 0 Å². The van der Waals surface area contributed by atoms with E-state index in [9.17, 15) is 19.5 Å². The van der Waals surface area contributed by atoms with Gasteiger partial charge in [0.05, 0.1) is 5.69 Å². The monoisotopic (exact) mass is 669 g/mol. The molecule has 0 bridgehead atoms. The number of amides is 3. The van der Waals surface area contributed by atoms with E-state index in [0.717, 1.165) is 93.5 Å². The van der Waals surface area contributed by atoms with Gasteiger partial charge in [-0.05, 0) is 74.4 Å². The fourth-order valence-corrected chi connectivity index (χ4v) is 6.13. The van der Waals surface area contributed by atoms with E-state index in [1.807, 2.05) is 66.7 Å². The van der Waals surface area contributed by atoms with E-state index in [0.29, 0.717) is 38.5 Å². The number of likely N-dealkylation sites (tertiary alicyclic amines) is 1. The number of aromatic hydroxyl groups is 1. The highest BCUT2D eigenvalue weighted by atomic mass is 16.6. The molecule has 0 unspecified atom stereocenters. The van der Waals surface area contributed by atoms with Crippen molar-refractivity contribution in [2.75, 3.05) is 44.6 Å². The van der Waals surface area contributed by atoms with Crippen molar-refractivity contribution in [2.24, 2.45) is 0 Å². The number of rotatable bonds is 18. The van der Waals surface area contributed by atoms with Crippen molar-refractivity contribution in [3.63, 3.8) is 0 Å². The molecule has 262 valence electrons. The first-order chi connectivity index (χ1) is 23.9. The number of hydrogen-bond donors (Lipinski definition) is 4. The van der Waals surface area contributed by atoms with Crippen LogP contribution in [-0.4, -0.2) is 84.2 Å². The zero-order valence-electron chi connectivity index (χ0n) is 28.4. The molecule has 1 aliphatic heterocycles. The van der Waals surface area contributed by atoms with Crippen molar-refractivity contribution >= 4 is 23.6 Å². The molecule has 10 heteroatoms. The third-order valence-corrected chi connectivity index (χ3v) is 9.13. The molecule has 49 heavy (non-hydrogen) atoms. The summed E-state index contributed by atoms with van der Waals surface area (Å²) < 4.78 is 5.75. The maximum atomic E-state index is 12.7. The molecule has 0 aromatic heterocycles. The number of benzene rings is 3. The van der Waals surface area contributed by atoms with Gasteiger partial charge in [-0.15, -0.1) is 0 Å². The smallest absolute Gasteiger partial charge is 0.411 e. The van der Waals surface area contributed by atoms with Crippen LogP contribution in [0.25, 0.3) is 11.1 Å². The van der Waals surface area contributed by atoms with Gasteiger partial charge in [-0.3, -0.25) is 19.8 Å². The quantitative estimate of drug-likeness (QED) is 0.124. The van der Waals surface area contributed by atoms with E-state index >= 15 is 0 Å². The standard InChI is InChI=1S/C39H51N5O5/c45-33-17-13-30(14-18-33)29-44(28-22-38(47)41-32-15-16-32)24-8-2-7-23-40-37(46)21-27-43-25-19-34(20-26-43)49-39(48)42-36-12-6-5-11-35(36)31-9-3-1-4-10-31/h1,3-6,9-14,17-18,32,34,45H,2,7-8,15-16,19-29H2,(H,40,46)(H,41,47)(H,42,48). The molecule has 3 amide bonds. The van der Waals surface area contributed by atoms with Crippen LogP contribution in [0.3, 0.4) is 0 Å². The summed E-state index contributed by atoms with van der Waals surface area (Å²) in [5.41, 5.74) is 3.81. The Morgan fingerprint density at radius 2 is 1.53 bits per heavy atom. The second-order valence-electron chi connectivity index (χ2n) is 13.2. The van der Waals surface area contributed by atoms with E-state index in [-0.39, 0.29) is 23.7 Å². The number of piperidine rings is 1. The van der Waals surface area contributed by atoms with Gasteiger partial charge in [0.25, 0.3) is 0 Å². The van der Waals surface area contributed by atoms with Gasteiger partial charge >= 0.3 is 6.09 Å². The van der Waals surface area contributed by atoms with Gasteiger partial charge in [0.15, 0.2) is 0 Å². The summed E-state index contributed by atoms with van der Waals surface area (Å²) in [4.78, 5) is 42.0. The van der Waals surface area contributed by atoms with Crippen LogP contribution in [0.5, 0.6) is 5.75 Å². The number of phenolic OH excluding ortho intramolecular Hbond substituents is 1. The Balaban J connectivity index is 0.922. The number of hydrogen-bond acceptors (Lipinski definition) is 7. The zero-order chi connectivity index (χ0) is 34.3. The normalized spacial score (nSPS) is 15.1. The van der Waals surface area contributed by atoms with Gasteiger partial charge < -0.3 is 25.4 Å². The fourth-order valence-electron chi connectivity index (χ4n) is 6.13. The number of carbonyl (C=O) groups is 3. The SMILES string of the molecule is O=C(CCN1CCC(OC(=O)Nc2ccccc2-c2ccccc2)CC1)NCCCCCN(CCC(=O)NC1CC1)Cc1ccc(O)cc1. The predicted octanol–water partition coefficient (Wildman–Crippen LogP) is 5.92. The fraction of sp³-hybridized carbons (Fsp3) is 0.462. The Hall–Kier alpha value is -4.41. The molecule has 2 aliphatic rings. The number of nitrogens with one attached hydrogen (secondary N) is 3. The molecule has 0 atom stereocenters. The summed E-state index contributed by atoms with van der Waals surface area (Å²) in [6.45, 7) is 5.20. The highest BCUT2D eigenvalue weighted by molar-refractivity contribution is 5.91. The van der Waals surface area contributed by atoms with Crippen LogP contribution >= 0.6 is 0 Å². The lowest BCUT2D eigenvalue weighted by Crippen LogP contribution is -2.40. The summed E-state index contributed by atoms with van der Waals surface area (Å²) in [6.07, 6.45) is 6.86. The van der Waals surface area contributed by atoms with Gasteiger partial charge in [0.2, 0.25) is 11.8 Å². The van der Waals surface area contributed by atoms with E-state index in [4.69, 9.17) is 4.74 Å². The van der Waals surface area contributed by atoms with Crippen LogP contribution in [-0.2, 0) is 20.9 Å². The molecule has 3 aromatic rings. The molecule has 4 N–H and O–H groups in total. The Morgan fingerprint density at radius 1 is 0.796 bits per heavy atom. The number of phenols is 1. The van der Waals surface area contributed by atoms with Crippen LogP contribution in [0.1, 0.15) is 63.4 Å². The first-order valence-corrected chi connectivity index (χ1v) is 17.8. The minimum atomic E-state index is -0.442. The van der Waals surface area contributed by atoms with Gasteiger partial charge in [-0.1, -0.05) is 67.1 Å². The van der Waals surface area contributed by atoms with Crippen LogP contribution < -0.4 is 16.0 Å². The van der Waals surface area contributed by atoms with Crippen molar-refractivity contribution in [3.05, 3.63) is 84.4 Å². The lowest BCUT2D eigenvalue weighted by Gasteiger charge is -2.31. The van der Waals surface area contributed by atoms with E-state index < -0.39 is 6.09 Å². The van der Waals surface area contributed by atoms with E-state index in [2.05, 4.69) is 25.8 Å². The number of unbranched alkanes of at least 4 members (excludes halogenated alkanes) is 2. The summed E-state index contributed by atoms with van der Waals surface area (Å²) in [6, 6.07) is 25.3. The first-order valence-electron chi connectivity index (χ1n) is 17.8.